The number of hydrogen-bond acceptors (Lipinski definition) is 5. The molecule has 0 aliphatic heterocycles. The first-order chi connectivity index (χ1) is 9.85. The van der Waals surface area contributed by atoms with Crippen LogP contribution in [0.3, 0.4) is 0 Å². The van der Waals surface area contributed by atoms with Crippen LogP contribution in [0.2, 0.25) is 0 Å². The summed E-state index contributed by atoms with van der Waals surface area (Å²) in [6.45, 7) is 0.902. The van der Waals surface area contributed by atoms with Gasteiger partial charge in [0.2, 0.25) is 6.39 Å². The van der Waals surface area contributed by atoms with Crippen LogP contribution < -0.4 is 10.1 Å². The number of nitrogens with zero attached hydrogens (tertiary/aromatic N) is 2. The fourth-order valence-electron chi connectivity index (χ4n) is 2.62. The smallest absolute Gasteiger partial charge is 0.213 e. The van der Waals surface area contributed by atoms with Crippen LogP contribution in [0.5, 0.6) is 5.75 Å². The lowest BCUT2D eigenvalue weighted by molar-refractivity contribution is 0.291. The zero-order chi connectivity index (χ0) is 13.8. The molecule has 3 rings (SSSR count). The van der Waals surface area contributed by atoms with Crippen LogP contribution in [0.25, 0.3) is 0 Å². The minimum atomic E-state index is 0.606. The van der Waals surface area contributed by atoms with Gasteiger partial charge in [0.15, 0.2) is 5.82 Å². The third-order valence-electron chi connectivity index (χ3n) is 3.91. The molecule has 0 unspecified atom stereocenters. The van der Waals surface area contributed by atoms with Crippen molar-refractivity contribution in [3.05, 3.63) is 42.0 Å². The molecule has 1 saturated carbocycles. The third-order valence-corrected chi connectivity index (χ3v) is 3.91. The third kappa shape index (κ3) is 2.99. The molecule has 106 valence electrons. The molecule has 20 heavy (non-hydrogen) atoms. The number of rotatable bonds is 6. The van der Waals surface area contributed by atoms with Crippen LogP contribution in [0.4, 0.5) is 0 Å². The zero-order valence-electron chi connectivity index (χ0n) is 11.6. The first kappa shape index (κ1) is 13.1. The largest absolute Gasteiger partial charge is 0.497 e. The summed E-state index contributed by atoms with van der Waals surface area (Å²) in [6, 6.07) is 9.01. The number of ether oxygens (including phenoxy) is 1. The lowest BCUT2D eigenvalue weighted by Gasteiger charge is -2.36. The van der Waals surface area contributed by atoms with Crippen molar-refractivity contribution in [1.29, 1.82) is 0 Å². The van der Waals surface area contributed by atoms with Crippen LogP contribution in [0.15, 0.2) is 35.2 Å². The molecular weight excluding hydrogens is 254 g/mol. The van der Waals surface area contributed by atoms with Gasteiger partial charge in [-0.15, -0.1) is 0 Å². The molecule has 1 aliphatic rings. The molecule has 1 aromatic carbocycles. The molecular formula is C15H19N3O2. The molecule has 0 spiro atoms. The van der Waals surface area contributed by atoms with E-state index in [0.29, 0.717) is 12.0 Å². The molecule has 0 radical (unpaired) electrons. The Kier molecular flexibility index (Phi) is 3.97. The highest BCUT2D eigenvalue weighted by atomic mass is 16.5. The lowest BCUT2D eigenvalue weighted by atomic mass is 9.76. The summed E-state index contributed by atoms with van der Waals surface area (Å²) < 4.78 is 9.89. The van der Waals surface area contributed by atoms with Gasteiger partial charge in [0.25, 0.3) is 0 Å². The van der Waals surface area contributed by atoms with Crippen molar-refractivity contribution in [3.63, 3.8) is 0 Å². The molecule has 0 saturated heterocycles. The molecule has 5 nitrogen and oxygen atoms in total. The number of aromatic nitrogens is 2. The molecule has 5 heteroatoms. The summed E-state index contributed by atoms with van der Waals surface area (Å²) in [5.74, 6) is 2.36. The Balaban J connectivity index is 1.39. The van der Waals surface area contributed by atoms with Gasteiger partial charge >= 0.3 is 0 Å². The Bertz CT molecular complexity index is 519. The monoisotopic (exact) mass is 273 g/mol. The highest BCUT2D eigenvalue weighted by Crippen LogP contribution is 2.37. The molecule has 0 bridgehead atoms. The highest BCUT2D eigenvalue weighted by Gasteiger charge is 2.29. The molecule has 1 aromatic heterocycles. The summed E-state index contributed by atoms with van der Waals surface area (Å²) in [6.07, 6.45) is 4.58. The Hall–Kier alpha value is -1.88. The van der Waals surface area contributed by atoms with Crippen molar-refractivity contribution < 1.29 is 9.26 Å². The second-order valence-electron chi connectivity index (χ2n) is 5.19. The van der Waals surface area contributed by atoms with Crippen molar-refractivity contribution in [1.82, 2.24) is 15.5 Å². The van der Waals surface area contributed by atoms with E-state index in [-0.39, 0.29) is 0 Å². The van der Waals surface area contributed by atoms with E-state index in [1.54, 1.807) is 7.11 Å². The lowest BCUT2D eigenvalue weighted by Crippen LogP contribution is -2.41. The van der Waals surface area contributed by atoms with Crippen LogP contribution in [0, 0.1) is 0 Å². The molecule has 1 heterocycles. The molecule has 0 atom stereocenters. The van der Waals surface area contributed by atoms with E-state index in [0.717, 1.165) is 24.5 Å². The van der Waals surface area contributed by atoms with E-state index >= 15 is 0 Å². The first-order valence-corrected chi connectivity index (χ1v) is 6.97. The van der Waals surface area contributed by atoms with E-state index in [1.807, 2.05) is 12.1 Å². The first-order valence-electron chi connectivity index (χ1n) is 6.97. The molecule has 1 aliphatic carbocycles. The second kappa shape index (κ2) is 6.05. The van der Waals surface area contributed by atoms with Gasteiger partial charge in [-0.2, -0.15) is 4.98 Å². The standard InChI is InChI=1S/C15H19N3O2/c1-19-14-4-2-11(3-5-14)12-8-13(9-12)16-7-6-15-17-10-20-18-15/h2-5,10,12-13,16H,6-9H2,1H3. The van der Waals surface area contributed by atoms with Crippen molar-refractivity contribution in [2.24, 2.45) is 0 Å². The Morgan fingerprint density at radius 3 is 2.75 bits per heavy atom. The van der Waals surface area contributed by atoms with Crippen LogP contribution in [-0.4, -0.2) is 29.8 Å². The quantitative estimate of drug-likeness (QED) is 0.874. The summed E-state index contributed by atoms with van der Waals surface area (Å²) in [7, 11) is 1.70. The van der Waals surface area contributed by atoms with Gasteiger partial charge in [0.05, 0.1) is 7.11 Å². The fourth-order valence-corrected chi connectivity index (χ4v) is 2.62. The molecule has 0 amide bonds. The molecule has 1 fully saturated rings. The van der Waals surface area contributed by atoms with Crippen molar-refractivity contribution in [3.8, 4) is 5.75 Å². The zero-order valence-corrected chi connectivity index (χ0v) is 11.6. The van der Waals surface area contributed by atoms with Gasteiger partial charge in [-0.1, -0.05) is 17.3 Å². The summed E-state index contributed by atoms with van der Waals surface area (Å²) in [5.41, 5.74) is 1.40. The topological polar surface area (TPSA) is 60.2 Å². The van der Waals surface area contributed by atoms with Gasteiger partial charge in [-0.05, 0) is 36.5 Å². The Morgan fingerprint density at radius 2 is 2.10 bits per heavy atom. The number of nitrogens with one attached hydrogen (secondary N) is 1. The van der Waals surface area contributed by atoms with Gasteiger partial charge in [0, 0.05) is 19.0 Å². The summed E-state index contributed by atoms with van der Waals surface area (Å²) in [4.78, 5) is 4.01. The maximum atomic E-state index is 5.18. The average Bonchev–Trinajstić information content (AvgIpc) is 2.95. The Morgan fingerprint density at radius 1 is 1.30 bits per heavy atom. The van der Waals surface area contributed by atoms with E-state index in [9.17, 15) is 0 Å². The van der Waals surface area contributed by atoms with Crippen LogP contribution in [0.1, 0.15) is 30.1 Å². The maximum absolute atomic E-state index is 5.18. The summed E-state index contributed by atoms with van der Waals surface area (Å²) >= 11 is 0. The van der Waals surface area contributed by atoms with Crippen molar-refractivity contribution >= 4 is 0 Å². The van der Waals surface area contributed by atoms with Crippen LogP contribution in [-0.2, 0) is 6.42 Å². The fraction of sp³-hybridized carbons (Fsp3) is 0.467. The predicted molar refractivity (Wildman–Crippen MR) is 74.8 cm³/mol. The van der Waals surface area contributed by atoms with Gasteiger partial charge in [0.1, 0.15) is 5.75 Å². The van der Waals surface area contributed by atoms with E-state index in [2.05, 4.69) is 27.6 Å². The normalized spacial score (nSPS) is 21.4. The highest BCUT2D eigenvalue weighted by molar-refractivity contribution is 5.30. The minimum Gasteiger partial charge on any atom is -0.497 e. The van der Waals surface area contributed by atoms with Gasteiger partial charge in [-0.25, -0.2) is 0 Å². The summed E-state index contributed by atoms with van der Waals surface area (Å²) in [5, 5.41) is 7.33. The number of hydrogen-bond donors (Lipinski definition) is 1. The minimum absolute atomic E-state index is 0.606. The number of benzene rings is 1. The van der Waals surface area contributed by atoms with Gasteiger partial charge in [-0.3, -0.25) is 0 Å². The predicted octanol–water partition coefficient (Wildman–Crippen LogP) is 2.16. The second-order valence-corrected chi connectivity index (χ2v) is 5.19. The van der Waals surface area contributed by atoms with Crippen molar-refractivity contribution in [2.45, 2.75) is 31.2 Å². The van der Waals surface area contributed by atoms with E-state index in [4.69, 9.17) is 9.26 Å². The maximum Gasteiger partial charge on any atom is 0.213 e. The number of methoxy groups -OCH3 is 1. The average molecular weight is 273 g/mol. The molecule has 2 aromatic rings. The van der Waals surface area contributed by atoms with Crippen molar-refractivity contribution in [2.75, 3.05) is 13.7 Å². The van der Waals surface area contributed by atoms with E-state index in [1.165, 1.54) is 24.8 Å². The van der Waals surface area contributed by atoms with Gasteiger partial charge < -0.3 is 14.6 Å². The SMILES string of the molecule is COc1ccc(C2CC(NCCc3ncon3)C2)cc1. The Labute approximate surface area is 118 Å². The van der Waals surface area contributed by atoms with Crippen LogP contribution >= 0.6 is 0 Å². The molecule has 1 N–H and O–H groups in total. The van der Waals surface area contributed by atoms with E-state index < -0.39 is 0 Å².